The topological polar surface area (TPSA) is 63.6 Å². The number of rotatable bonds is 2. The molecular weight excluding hydrogens is 304 g/mol. The zero-order valence-electron chi connectivity index (χ0n) is 14.0. The van der Waals surface area contributed by atoms with E-state index < -0.39 is 5.97 Å². The fraction of sp³-hybridized carbons (Fsp3) is 0.300. The summed E-state index contributed by atoms with van der Waals surface area (Å²) < 4.78 is 6.21. The Bertz CT molecular complexity index is 815. The van der Waals surface area contributed by atoms with Gasteiger partial charge in [-0.05, 0) is 17.7 Å². The Morgan fingerprint density at radius 3 is 2.50 bits per heavy atom. The minimum absolute atomic E-state index is 0.120. The van der Waals surface area contributed by atoms with Gasteiger partial charge in [0.25, 0.3) is 0 Å². The van der Waals surface area contributed by atoms with E-state index in [2.05, 4.69) is 20.8 Å². The molecule has 1 aliphatic rings. The number of ketones is 1. The van der Waals surface area contributed by atoms with Gasteiger partial charge in [0, 0.05) is 16.5 Å². The number of carboxylic acids is 1. The molecule has 0 spiro atoms. The van der Waals surface area contributed by atoms with Gasteiger partial charge < -0.3 is 9.84 Å². The zero-order valence-corrected chi connectivity index (χ0v) is 14.0. The van der Waals surface area contributed by atoms with E-state index in [0.29, 0.717) is 22.4 Å². The number of carbonyl (C=O) groups excluding carboxylic acids is 1. The van der Waals surface area contributed by atoms with Gasteiger partial charge in [-0.3, -0.25) is 9.59 Å². The van der Waals surface area contributed by atoms with Gasteiger partial charge in [0.15, 0.2) is 5.78 Å². The van der Waals surface area contributed by atoms with Crippen molar-refractivity contribution in [3.63, 3.8) is 0 Å². The lowest BCUT2D eigenvalue weighted by Gasteiger charge is -2.31. The van der Waals surface area contributed by atoms with Crippen molar-refractivity contribution in [2.75, 3.05) is 0 Å². The molecule has 3 rings (SSSR count). The fourth-order valence-corrected chi connectivity index (χ4v) is 3.05. The van der Waals surface area contributed by atoms with Gasteiger partial charge in [-0.2, -0.15) is 0 Å². The standard InChI is InChI=1S/C20H20O4/c1-20(2,3)19-14-7-5-4-6-13(14)18(23)15-10-12(11-17(21)22)8-9-16(15)24-19/h4-10,19H,11H2,1-3H3,(H,21,22). The number of fused-ring (bicyclic) bond motifs is 2. The number of benzene rings is 2. The lowest BCUT2D eigenvalue weighted by Crippen LogP contribution is -2.24. The average Bonchev–Trinajstić information content (AvgIpc) is 2.62. The molecule has 124 valence electrons. The van der Waals surface area contributed by atoms with E-state index in [0.717, 1.165) is 5.56 Å². The van der Waals surface area contributed by atoms with Gasteiger partial charge in [0.2, 0.25) is 0 Å². The number of hydrogen-bond donors (Lipinski definition) is 1. The summed E-state index contributed by atoms with van der Waals surface area (Å²) in [4.78, 5) is 24.0. The van der Waals surface area contributed by atoms with E-state index >= 15 is 0 Å². The van der Waals surface area contributed by atoms with Gasteiger partial charge in [-0.25, -0.2) is 0 Å². The summed E-state index contributed by atoms with van der Waals surface area (Å²) >= 11 is 0. The Morgan fingerprint density at radius 2 is 1.83 bits per heavy atom. The first-order valence-electron chi connectivity index (χ1n) is 7.92. The molecule has 2 aromatic rings. The molecule has 4 heteroatoms. The van der Waals surface area contributed by atoms with Crippen molar-refractivity contribution in [3.8, 4) is 5.75 Å². The van der Waals surface area contributed by atoms with Gasteiger partial charge in [-0.15, -0.1) is 0 Å². The maximum atomic E-state index is 13.0. The molecule has 1 atom stereocenters. The van der Waals surface area contributed by atoms with E-state index in [1.54, 1.807) is 24.3 Å². The molecule has 0 bridgehead atoms. The van der Waals surface area contributed by atoms with E-state index in [1.807, 2.05) is 18.2 Å². The third-order valence-corrected chi connectivity index (χ3v) is 4.16. The Morgan fingerprint density at radius 1 is 1.12 bits per heavy atom. The van der Waals surface area contributed by atoms with E-state index in [9.17, 15) is 9.59 Å². The van der Waals surface area contributed by atoms with Gasteiger partial charge in [0.1, 0.15) is 11.9 Å². The molecule has 0 amide bonds. The van der Waals surface area contributed by atoms with Crippen LogP contribution in [0.1, 0.15) is 53.9 Å². The van der Waals surface area contributed by atoms with Crippen LogP contribution in [0, 0.1) is 5.41 Å². The maximum Gasteiger partial charge on any atom is 0.307 e. The highest BCUT2D eigenvalue weighted by molar-refractivity contribution is 6.12. The molecule has 1 aliphatic heterocycles. The highest BCUT2D eigenvalue weighted by Gasteiger charge is 2.35. The highest BCUT2D eigenvalue weighted by Crippen LogP contribution is 2.42. The summed E-state index contributed by atoms with van der Waals surface area (Å²) in [6.45, 7) is 6.22. The molecule has 0 saturated carbocycles. The molecule has 1 N–H and O–H groups in total. The highest BCUT2D eigenvalue weighted by atomic mass is 16.5. The molecule has 0 saturated heterocycles. The normalized spacial score (nSPS) is 16.6. The number of hydrogen-bond acceptors (Lipinski definition) is 3. The number of carboxylic acid groups (broad SMARTS) is 1. The van der Waals surface area contributed by atoms with Crippen LogP contribution in [0.3, 0.4) is 0 Å². The van der Waals surface area contributed by atoms with Gasteiger partial charge >= 0.3 is 5.97 Å². The van der Waals surface area contributed by atoms with Gasteiger partial charge in [-0.1, -0.05) is 51.1 Å². The Hall–Kier alpha value is -2.62. The SMILES string of the molecule is CC(C)(C)C1Oc2ccc(CC(=O)O)cc2C(=O)c2ccccc21. The van der Waals surface area contributed by atoms with Gasteiger partial charge in [0.05, 0.1) is 12.0 Å². The quantitative estimate of drug-likeness (QED) is 0.906. The smallest absolute Gasteiger partial charge is 0.307 e. The van der Waals surface area contributed by atoms with Crippen molar-refractivity contribution in [1.29, 1.82) is 0 Å². The number of aliphatic carboxylic acids is 1. The molecule has 1 unspecified atom stereocenters. The second-order valence-corrected chi connectivity index (χ2v) is 7.18. The molecule has 1 heterocycles. The molecule has 0 fully saturated rings. The summed E-state index contributed by atoms with van der Waals surface area (Å²) in [5.41, 5.74) is 2.30. The van der Waals surface area contributed by atoms with Crippen LogP contribution in [-0.4, -0.2) is 16.9 Å². The van der Waals surface area contributed by atoms with E-state index in [4.69, 9.17) is 9.84 Å². The average molecular weight is 324 g/mol. The predicted octanol–water partition coefficient (Wildman–Crippen LogP) is 4.02. The first-order chi connectivity index (χ1) is 11.3. The second kappa shape index (κ2) is 5.78. The second-order valence-electron chi connectivity index (χ2n) is 7.18. The molecular formula is C20H20O4. The predicted molar refractivity (Wildman–Crippen MR) is 90.5 cm³/mol. The molecule has 24 heavy (non-hydrogen) atoms. The molecule has 0 aliphatic carbocycles. The lowest BCUT2D eigenvalue weighted by molar-refractivity contribution is -0.136. The van der Waals surface area contributed by atoms with Crippen molar-refractivity contribution in [2.45, 2.75) is 33.3 Å². The first kappa shape index (κ1) is 16.2. The summed E-state index contributed by atoms with van der Waals surface area (Å²) in [6, 6.07) is 12.5. The van der Waals surface area contributed by atoms with Crippen LogP contribution >= 0.6 is 0 Å². The van der Waals surface area contributed by atoms with Crippen molar-refractivity contribution >= 4 is 11.8 Å². The Labute approximate surface area is 141 Å². The van der Waals surface area contributed by atoms with E-state index in [-0.39, 0.29) is 23.7 Å². The minimum Gasteiger partial charge on any atom is -0.484 e. The lowest BCUT2D eigenvalue weighted by atomic mass is 9.82. The molecule has 2 aromatic carbocycles. The van der Waals surface area contributed by atoms with Crippen molar-refractivity contribution in [1.82, 2.24) is 0 Å². The monoisotopic (exact) mass is 324 g/mol. The third kappa shape index (κ3) is 2.92. The van der Waals surface area contributed by atoms with Crippen molar-refractivity contribution < 1.29 is 19.4 Å². The Kier molecular flexibility index (Phi) is 3.91. The van der Waals surface area contributed by atoms with Crippen LogP contribution in [-0.2, 0) is 11.2 Å². The van der Waals surface area contributed by atoms with Crippen LogP contribution < -0.4 is 4.74 Å². The minimum atomic E-state index is -0.926. The molecule has 0 aromatic heterocycles. The first-order valence-corrected chi connectivity index (χ1v) is 7.92. The summed E-state index contributed by atoms with van der Waals surface area (Å²) in [5.74, 6) is -0.547. The van der Waals surface area contributed by atoms with E-state index in [1.165, 1.54) is 0 Å². The molecule has 0 radical (unpaired) electrons. The summed E-state index contributed by atoms with van der Waals surface area (Å²) in [7, 11) is 0. The fourth-order valence-electron chi connectivity index (χ4n) is 3.05. The zero-order chi connectivity index (χ0) is 17.5. The van der Waals surface area contributed by atoms with Crippen LogP contribution in [0.2, 0.25) is 0 Å². The number of carbonyl (C=O) groups is 2. The third-order valence-electron chi connectivity index (χ3n) is 4.16. The summed E-state index contributed by atoms with van der Waals surface area (Å²) in [6.07, 6.45) is -0.380. The van der Waals surface area contributed by atoms with Crippen LogP contribution in [0.15, 0.2) is 42.5 Å². The maximum absolute atomic E-state index is 13.0. The van der Waals surface area contributed by atoms with Crippen LogP contribution in [0.25, 0.3) is 0 Å². The van der Waals surface area contributed by atoms with Crippen LogP contribution in [0.5, 0.6) is 5.75 Å². The van der Waals surface area contributed by atoms with Crippen molar-refractivity contribution in [2.24, 2.45) is 5.41 Å². The van der Waals surface area contributed by atoms with Crippen molar-refractivity contribution in [3.05, 3.63) is 64.7 Å². The van der Waals surface area contributed by atoms with Crippen LogP contribution in [0.4, 0.5) is 0 Å². The number of ether oxygens (including phenoxy) is 1. The largest absolute Gasteiger partial charge is 0.484 e. The Balaban J connectivity index is 2.18. The molecule has 4 nitrogen and oxygen atoms in total. The summed E-state index contributed by atoms with van der Waals surface area (Å²) in [5, 5.41) is 8.98.